The normalized spacial score (nSPS) is 18.4. The van der Waals surface area contributed by atoms with Gasteiger partial charge in [-0.2, -0.15) is 5.10 Å². The molecule has 7 nitrogen and oxygen atoms in total. The average Bonchev–Trinajstić information content (AvgIpc) is 3.03. The predicted octanol–water partition coefficient (Wildman–Crippen LogP) is 1.10. The van der Waals surface area contributed by atoms with E-state index >= 15 is 0 Å². The number of amides is 2. The molecule has 1 unspecified atom stereocenters. The summed E-state index contributed by atoms with van der Waals surface area (Å²) in [6.07, 6.45) is 4.00. The van der Waals surface area contributed by atoms with E-state index in [9.17, 15) is 9.59 Å². The smallest absolute Gasteiger partial charge is 0.237 e. The lowest BCUT2D eigenvalue weighted by Crippen LogP contribution is -2.57. The molecule has 1 atom stereocenters. The molecule has 25 heavy (non-hydrogen) atoms. The van der Waals surface area contributed by atoms with Crippen molar-refractivity contribution in [3.8, 4) is 0 Å². The Labute approximate surface area is 150 Å². The Hall–Kier alpha value is -1.89. The molecule has 0 saturated carbocycles. The first-order valence-electron chi connectivity index (χ1n) is 9.25. The third kappa shape index (κ3) is 5.29. The zero-order chi connectivity index (χ0) is 18.4. The SMILES string of the molecule is CCN(Cc1cnn(CC)c1)C(=O)CC1C(=O)NCCN1CC(C)C. The van der Waals surface area contributed by atoms with Crippen LogP contribution in [0.15, 0.2) is 12.4 Å². The predicted molar refractivity (Wildman–Crippen MR) is 96.8 cm³/mol. The topological polar surface area (TPSA) is 70.5 Å². The Bertz CT molecular complexity index is 584. The monoisotopic (exact) mass is 349 g/mol. The third-order valence-electron chi connectivity index (χ3n) is 4.53. The lowest BCUT2D eigenvalue weighted by Gasteiger charge is -2.36. The molecule has 0 spiro atoms. The van der Waals surface area contributed by atoms with Crippen molar-refractivity contribution in [3.63, 3.8) is 0 Å². The van der Waals surface area contributed by atoms with Crippen LogP contribution < -0.4 is 5.32 Å². The van der Waals surface area contributed by atoms with Gasteiger partial charge in [0.05, 0.1) is 18.7 Å². The van der Waals surface area contributed by atoms with E-state index in [4.69, 9.17) is 0 Å². The fourth-order valence-corrected chi connectivity index (χ4v) is 3.22. The van der Waals surface area contributed by atoms with E-state index in [-0.39, 0.29) is 24.3 Å². The van der Waals surface area contributed by atoms with Crippen molar-refractivity contribution in [2.24, 2.45) is 5.92 Å². The van der Waals surface area contributed by atoms with Crippen molar-refractivity contribution in [1.29, 1.82) is 0 Å². The summed E-state index contributed by atoms with van der Waals surface area (Å²) < 4.78 is 1.85. The van der Waals surface area contributed by atoms with E-state index in [1.54, 1.807) is 11.1 Å². The maximum atomic E-state index is 12.8. The van der Waals surface area contributed by atoms with Gasteiger partial charge in [-0.25, -0.2) is 0 Å². The number of aromatic nitrogens is 2. The second-order valence-electron chi connectivity index (χ2n) is 7.01. The van der Waals surface area contributed by atoms with Gasteiger partial charge in [-0.05, 0) is 19.8 Å². The first-order chi connectivity index (χ1) is 11.9. The minimum atomic E-state index is -0.365. The Morgan fingerprint density at radius 3 is 2.80 bits per heavy atom. The maximum Gasteiger partial charge on any atom is 0.237 e. The molecule has 1 aliphatic rings. The Balaban J connectivity index is 2.01. The molecule has 7 heteroatoms. The fourth-order valence-electron chi connectivity index (χ4n) is 3.22. The average molecular weight is 349 g/mol. The number of rotatable bonds is 8. The van der Waals surface area contributed by atoms with Crippen molar-refractivity contribution < 1.29 is 9.59 Å². The highest BCUT2D eigenvalue weighted by molar-refractivity contribution is 5.88. The van der Waals surface area contributed by atoms with Gasteiger partial charge in [-0.3, -0.25) is 19.2 Å². The Morgan fingerprint density at radius 1 is 1.44 bits per heavy atom. The molecule has 1 aliphatic heterocycles. The van der Waals surface area contributed by atoms with Crippen molar-refractivity contribution >= 4 is 11.8 Å². The summed E-state index contributed by atoms with van der Waals surface area (Å²) in [5, 5.41) is 7.15. The molecule has 140 valence electrons. The van der Waals surface area contributed by atoms with Gasteiger partial charge >= 0.3 is 0 Å². The van der Waals surface area contributed by atoms with Gasteiger partial charge in [0.2, 0.25) is 11.8 Å². The first kappa shape index (κ1) is 19.4. The van der Waals surface area contributed by atoms with E-state index in [2.05, 4.69) is 29.2 Å². The fraction of sp³-hybridized carbons (Fsp3) is 0.722. The molecular formula is C18H31N5O2. The molecule has 1 aromatic rings. The van der Waals surface area contributed by atoms with Gasteiger partial charge < -0.3 is 10.2 Å². The quantitative estimate of drug-likeness (QED) is 0.763. The van der Waals surface area contributed by atoms with E-state index < -0.39 is 0 Å². The largest absolute Gasteiger partial charge is 0.353 e. The van der Waals surface area contributed by atoms with Gasteiger partial charge in [-0.1, -0.05) is 13.8 Å². The molecule has 2 amide bonds. The molecule has 0 bridgehead atoms. The molecule has 2 heterocycles. The van der Waals surface area contributed by atoms with Gasteiger partial charge in [-0.15, -0.1) is 0 Å². The molecule has 0 radical (unpaired) electrons. The lowest BCUT2D eigenvalue weighted by atomic mass is 10.1. The number of carbonyl (C=O) groups is 2. The Morgan fingerprint density at radius 2 is 2.20 bits per heavy atom. The third-order valence-corrected chi connectivity index (χ3v) is 4.53. The molecular weight excluding hydrogens is 318 g/mol. The summed E-state index contributed by atoms with van der Waals surface area (Å²) in [5.41, 5.74) is 1.02. The molecule has 1 saturated heterocycles. The highest BCUT2D eigenvalue weighted by Crippen LogP contribution is 2.14. The van der Waals surface area contributed by atoms with Crippen LogP contribution in [0, 0.1) is 5.92 Å². The van der Waals surface area contributed by atoms with Crippen LogP contribution >= 0.6 is 0 Å². The number of nitrogens with zero attached hydrogens (tertiary/aromatic N) is 4. The van der Waals surface area contributed by atoms with Crippen LogP contribution in [0.4, 0.5) is 0 Å². The minimum absolute atomic E-state index is 0.0163. The molecule has 1 fully saturated rings. The zero-order valence-electron chi connectivity index (χ0n) is 15.9. The summed E-state index contributed by atoms with van der Waals surface area (Å²) in [5.74, 6) is 0.448. The van der Waals surface area contributed by atoms with Crippen molar-refractivity contribution in [3.05, 3.63) is 18.0 Å². The minimum Gasteiger partial charge on any atom is -0.353 e. The van der Waals surface area contributed by atoms with Crippen LogP contribution in [0.2, 0.25) is 0 Å². The van der Waals surface area contributed by atoms with E-state index in [1.165, 1.54) is 0 Å². The van der Waals surface area contributed by atoms with Crippen LogP contribution in [-0.2, 0) is 22.7 Å². The molecule has 1 N–H and O–H groups in total. The molecule has 0 aliphatic carbocycles. The first-order valence-corrected chi connectivity index (χ1v) is 9.25. The van der Waals surface area contributed by atoms with Gasteiger partial charge in [0, 0.05) is 51.0 Å². The maximum absolute atomic E-state index is 12.8. The van der Waals surface area contributed by atoms with Crippen LogP contribution in [0.1, 0.15) is 39.7 Å². The highest BCUT2D eigenvalue weighted by Gasteiger charge is 2.32. The number of nitrogens with one attached hydrogen (secondary N) is 1. The van der Waals surface area contributed by atoms with E-state index in [1.807, 2.05) is 24.7 Å². The number of carbonyl (C=O) groups excluding carboxylic acids is 2. The number of hydrogen-bond acceptors (Lipinski definition) is 4. The van der Waals surface area contributed by atoms with Crippen molar-refractivity contribution in [1.82, 2.24) is 24.9 Å². The van der Waals surface area contributed by atoms with Crippen molar-refractivity contribution in [2.75, 3.05) is 26.2 Å². The van der Waals surface area contributed by atoms with Gasteiger partial charge in [0.15, 0.2) is 0 Å². The molecule has 0 aromatic carbocycles. The van der Waals surface area contributed by atoms with Crippen molar-refractivity contribution in [2.45, 2.75) is 53.2 Å². The van der Waals surface area contributed by atoms with E-state index in [0.29, 0.717) is 25.6 Å². The summed E-state index contributed by atoms with van der Waals surface area (Å²) in [6.45, 7) is 12.5. The molecule has 2 rings (SSSR count). The Kier molecular flexibility index (Phi) is 6.99. The highest BCUT2D eigenvalue weighted by atomic mass is 16.2. The second kappa shape index (κ2) is 8.99. The summed E-state index contributed by atoms with van der Waals surface area (Å²) in [6, 6.07) is -0.365. The standard InChI is InChI=1S/C18H31N5O2/c1-5-21(12-15-10-20-23(6-2)13-15)17(24)9-16-18(25)19-7-8-22(16)11-14(3)4/h10,13-14,16H,5-9,11-12H2,1-4H3,(H,19,25). The second-order valence-corrected chi connectivity index (χ2v) is 7.01. The van der Waals surface area contributed by atoms with Crippen LogP contribution in [-0.4, -0.2) is 63.6 Å². The van der Waals surface area contributed by atoms with Gasteiger partial charge in [0.25, 0.3) is 0 Å². The number of hydrogen-bond donors (Lipinski definition) is 1. The molecule has 1 aromatic heterocycles. The van der Waals surface area contributed by atoms with Crippen LogP contribution in [0.3, 0.4) is 0 Å². The van der Waals surface area contributed by atoms with E-state index in [0.717, 1.165) is 25.2 Å². The summed E-state index contributed by atoms with van der Waals surface area (Å²) in [7, 11) is 0. The van der Waals surface area contributed by atoms with Gasteiger partial charge in [0.1, 0.15) is 0 Å². The van der Waals surface area contributed by atoms with Crippen LogP contribution in [0.5, 0.6) is 0 Å². The number of aryl methyl sites for hydroxylation is 1. The van der Waals surface area contributed by atoms with Crippen LogP contribution in [0.25, 0.3) is 0 Å². The number of piperazine rings is 1. The lowest BCUT2D eigenvalue weighted by molar-refractivity contribution is -0.139. The summed E-state index contributed by atoms with van der Waals surface area (Å²) >= 11 is 0. The summed E-state index contributed by atoms with van der Waals surface area (Å²) in [4.78, 5) is 29.0. The zero-order valence-corrected chi connectivity index (χ0v) is 15.9.